The molecule has 35 heavy (non-hydrogen) atoms. The Bertz CT molecular complexity index is 973. The molecule has 1 saturated carbocycles. The summed E-state index contributed by atoms with van der Waals surface area (Å²) in [7, 11) is 0. The zero-order valence-electron chi connectivity index (χ0n) is 22.4. The highest BCUT2D eigenvalue weighted by Crippen LogP contribution is 2.68. The predicted octanol–water partition coefficient (Wildman–Crippen LogP) is 6.84. The third-order valence-electron chi connectivity index (χ3n) is 10.4. The first-order chi connectivity index (χ1) is 16.2. The van der Waals surface area contributed by atoms with Gasteiger partial charge in [-0.25, -0.2) is 0 Å². The molecule has 5 heteroatoms. The normalized spacial score (nSPS) is 35.7. The SMILES string of the molecule is C=C(C)[C@@H]1C=CC2=C3CC[C@@](C)([C@H](C)CC(=O)C[C@@H](C)C(=O)O)[C@]3(C)CC[C@H]2[C@@]1(C)CCC(=O)O. The minimum Gasteiger partial charge on any atom is -0.481 e. The smallest absolute Gasteiger partial charge is 0.306 e. The quantitative estimate of drug-likeness (QED) is 0.331. The van der Waals surface area contributed by atoms with Crippen LogP contribution in [-0.4, -0.2) is 27.9 Å². The average molecular weight is 485 g/mol. The molecule has 0 aromatic rings. The number of aliphatic carboxylic acids is 2. The van der Waals surface area contributed by atoms with E-state index in [1.165, 1.54) is 11.1 Å². The first-order valence-corrected chi connectivity index (χ1v) is 13.2. The molecular weight excluding hydrogens is 440 g/mol. The van der Waals surface area contributed by atoms with Gasteiger partial charge in [0.25, 0.3) is 0 Å². The van der Waals surface area contributed by atoms with Crippen LogP contribution in [0.25, 0.3) is 0 Å². The van der Waals surface area contributed by atoms with Gasteiger partial charge in [-0.05, 0) is 72.7 Å². The number of hydrogen-bond acceptors (Lipinski definition) is 3. The van der Waals surface area contributed by atoms with Crippen LogP contribution in [0.1, 0.15) is 92.9 Å². The Morgan fingerprint density at radius 2 is 1.77 bits per heavy atom. The van der Waals surface area contributed by atoms with E-state index in [1.54, 1.807) is 6.92 Å². The standard InChI is InChI=1S/C30H44O5/c1-18(2)23-9-8-22-24(28(23,5)13-12-26(32)33)10-15-30(7)25(22)11-14-29(30,6)20(4)17-21(31)16-19(3)27(34)35/h8-9,19-20,23-24H,1,10-17H2,2-7H3,(H,32,33)(H,34,35)/t19-,20-,23+,24-,28+,29+,30-/m1/s1. The second-order valence-electron chi connectivity index (χ2n) is 12.4. The number of Topliss-reactive ketones (excluding diaryl/α,β-unsaturated/α-hetero) is 1. The fourth-order valence-corrected chi connectivity index (χ4v) is 7.82. The first-order valence-electron chi connectivity index (χ1n) is 13.2. The van der Waals surface area contributed by atoms with Crippen LogP contribution in [0.2, 0.25) is 0 Å². The summed E-state index contributed by atoms with van der Waals surface area (Å²) in [4.78, 5) is 35.4. The lowest BCUT2D eigenvalue weighted by molar-refractivity contribution is -0.143. The van der Waals surface area contributed by atoms with Crippen LogP contribution >= 0.6 is 0 Å². The van der Waals surface area contributed by atoms with Crippen molar-refractivity contribution in [2.75, 3.05) is 0 Å². The van der Waals surface area contributed by atoms with Gasteiger partial charge in [0.05, 0.1) is 5.92 Å². The second-order valence-corrected chi connectivity index (χ2v) is 12.4. The molecule has 3 aliphatic rings. The van der Waals surface area contributed by atoms with Gasteiger partial charge in [0.1, 0.15) is 5.78 Å². The van der Waals surface area contributed by atoms with E-state index in [0.717, 1.165) is 31.3 Å². The third-order valence-corrected chi connectivity index (χ3v) is 10.4. The number of ketones is 1. The van der Waals surface area contributed by atoms with Crippen molar-refractivity contribution in [3.63, 3.8) is 0 Å². The molecule has 2 N–H and O–H groups in total. The molecule has 7 atom stereocenters. The fraction of sp³-hybridized carbons (Fsp3) is 0.700. The lowest BCUT2D eigenvalue weighted by Crippen LogP contribution is -2.46. The topological polar surface area (TPSA) is 91.7 Å². The molecule has 194 valence electrons. The van der Waals surface area contributed by atoms with E-state index in [4.69, 9.17) is 0 Å². The molecule has 0 unspecified atom stereocenters. The van der Waals surface area contributed by atoms with Gasteiger partial charge in [0.2, 0.25) is 0 Å². The molecule has 0 aromatic heterocycles. The highest BCUT2D eigenvalue weighted by atomic mass is 16.4. The molecule has 3 aliphatic carbocycles. The van der Waals surface area contributed by atoms with Gasteiger partial charge in [-0.3, -0.25) is 14.4 Å². The number of carboxylic acid groups (broad SMARTS) is 2. The maximum atomic E-state index is 12.7. The average Bonchev–Trinajstić information content (AvgIpc) is 3.04. The Labute approximate surface area is 210 Å². The van der Waals surface area contributed by atoms with E-state index >= 15 is 0 Å². The number of carbonyl (C=O) groups is 3. The lowest BCUT2D eigenvalue weighted by Gasteiger charge is -2.55. The molecule has 0 bridgehead atoms. The first kappa shape index (κ1) is 27.4. The fourth-order valence-electron chi connectivity index (χ4n) is 7.82. The van der Waals surface area contributed by atoms with Crippen molar-refractivity contribution >= 4 is 17.7 Å². The van der Waals surface area contributed by atoms with Crippen LogP contribution in [0.5, 0.6) is 0 Å². The van der Waals surface area contributed by atoms with Gasteiger partial charge in [-0.2, -0.15) is 0 Å². The highest BCUT2D eigenvalue weighted by molar-refractivity contribution is 5.83. The Morgan fingerprint density at radius 3 is 2.34 bits per heavy atom. The van der Waals surface area contributed by atoms with Crippen molar-refractivity contribution in [3.8, 4) is 0 Å². The molecule has 0 amide bonds. The van der Waals surface area contributed by atoms with Gasteiger partial charge < -0.3 is 10.2 Å². The van der Waals surface area contributed by atoms with Crippen LogP contribution in [0, 0.1) is 39.9 Å². The lowest BCUT2D eigenvalue weighted by atomic mass is 9.49. The summed E-state index contributed by atoms with van der Waals surface area (Å²) in [5.41, 5.74) is 3.74. The molecule has 1 fully saturated rings. The maximum absolute atomic E-state index is 12.7. The largest absolute Gasteiger partial charge is 0.481 e. The zero-order chi connectivity index (χ0) is 26.3. The number of carboxylic acids is 2. The Kier molecular flexibility index (Phi) is 7.60. The summed E-state index contributed by atoms with van der Waals surface area (Å²) in [5, 5.41) is 18.6. The minimum absolute atomic E-state index is 0.0228. The Hall–Kier alpha value is -2.17. The van der Waals surface area contributed by atoms with Crippen molar-refractivity contribution in [2.24, 2.45) is 39.9 Å². The van der Waals surface area contributed by atoms with Crippen LogP contribution in [-0.2, 0) is 14.4 Å². The Balaban J connectivity index is 1.93. The molecule has 0 heterocycles. The van der Waals surface area contributed by atoms with Gasteiger partial charge in [-0.1, -0.05) is 64.5 Å². The summed E-state index contributed by atoms with van der Waals surface area (Å²) in [6.45, 7) is 17.0. The van der Waals surface area contributed by atoms with Gasteiger partial charge >= 0.3 is 11.9 Å². The predicted molar refractivity (Wildman–Crippen MR) is 138 cm³/mol. The van der Waals surface area contributed by atoms with Crippen molar-refractivity contribution in [2.45, 2.75) is 92.9 Å². The van der Waals surface area contributed by atoms with Crippen molar-refractivity contribution in [3.05, 3.63) is 35.5 Å². The van der Waals surface area contributed by atoms with Crippen molar-refractivity contribution in [1.82, 2.24) is 0 Å². The molecule has 0 saturated heterocycles. The third kappa shape index (κ3) is 4.68. The number of fused-ring (bicyclic) bond motifs is 2. The van der Waals surface area contributed by atoms with E-state index in [0.29, 0.717) is 18.8 Å². The summed E-state index contributed by atoms with van der Waals surface area (Å²) in [6.07, 6.45) is 9.90. The summed E-state index contributed by atoms with van der Waals surface area (Å²) in [6, 6.07) is 0. The summed E-state index contributed by atoms with van der Waals surface area (Å²) in [5.74, 6) is -1.64. The maximum Gasteiger partial charge on any atom is 0.306 e. The van der Waals surface area contributed by atoms with E-state index in [1.807, 2.05) is 0 Å². The van der Waals surface area contributed by atoms with Crippen LogP contribution in [0.15, 0.2) is 35.5 Å². The molecule has 0 radical (unpaired) electrons. The number of allylic oxidation sites excluding steroid dienone is 5. The van der Waals surface area contributed by atoms with Crippen molar-refractivity contribution in [1.29, 1.82) is 0 Å². The minimum atomic E-state index is -0.918. The van der Waals surface area contributed by atoms with Gasteiger partial charge in [0.15, 0.2) is 0 Å². The van der Waals surface area contributed by atoms with E-state index in [2.05, 4.69) is 53.3 Å². The number of hydrogen-bond donors (Lipinski definition) is 2. The molecule has 3 rings (SSSR count). The summed E-state index contributed by atoms with van der Waals surface area (Å²) >= 11 is 0. The van der Waals surface area contributed by atoms with E-state index < -0.39 is 17.9 Å². The molecule has 0 aromatic carbocycles. The Morgan fingerprint density at radius 1 is 1.11 bits per heavy atom. The highest BCUT2D eigenvalue weighted by Gasteiger charge is 2.58. The molecule has 0 aliphatic heterocycles. The van der Waals surface area contributed by atoms with E-state index in [9.17, 15) is 24.6 Å². The zero-order valence-corrected chi connectivity index (χ0v) is 22.4. The number of carbonyl (C=O) groups excluding carboxylic acids is 1. The molecule has 0 spiro atoms. The molecule has 5 nitrogen and oxygen atoms in total. The van der Waals surface area contributed by atoms with Crippen molar-refractivity contribution < 1.29 is 24.6 Å². The van der Waals surface area contributed by atoms with Crippen LogP contribution in [0.4, 0.5) is 0 Å². The monoisotopic (exact) mass is 484 g/mol. The van der Waals surface area contributed by atoms with Gasteiger partial charge in [-0.15, -0.1) is 0 Å². The number of rotatable bonds is 10. The van der Waals surface area contributed by atoms with Crippen LogP contribution in [0.3, 0.4) is 0 Å². The van der Waals surface area contributed by atoms with E-state index in [-0.39, 0.29) is 46.7 Å². The van der Waals surface area contributed by atoms with Gasteiger partial charge in [0, 0.05) is 25.2 Å². The second kappa shape index (κ2) is 9.71. The molecular formula is C30H44O5. The summed E-state index contributed by atoms with van der Waals surface area (Å²) < 4.78 is 0. The van der Waals surface area contributed by atoms with Crippen LogP contribution < -0.4 is 0 Å².